The number of rotatable bonds is 1. The summed E-state index contributed by atoms with van der Waals surface area (Å²) in [5.74, 6) is -0.341. The molecule has 1 rings (SSSR count). The summed E-state index contributed by atoms with van der Waals surface area (Å²) < 4.78 is 5.09. The van der Waals surface area contributed by atoms with Gasteiger partial charge in [0.15, 0.2) is 0 Å². The Bertz CT molecular complexity index is 138. The molecule has 2 atom stereocenters. The van der Waals surface area contributed by atoms with Gasteiger partial charge in [-0.1, -0.05) is 0 Å². The minimum atomic E-state index is -0.341. The van der Waals surface area contributed by atoms with Crippen molar-refractivity contribution in [3.05, 3.63) is 0 Å². The highest BCUT2D eigenvalue weighted by atomic mass is 16.5. The molecule has 1 aliphatic rings. The Kier molecular flexibility index (Phi) is 2.24. The summed E-state index contributed by atoms with van der Waals surface area (Å²) in [4.78, 5) is 10.6. The first-order chi connectivity index (χ1) is 4.70. The van der Waals surface area contributed by atoms with E-state index in [4.69, 9.17) is 10.5 Å². The normalized spacial score (nSPS) is 33.7. The van der Waals surface area contributed by atoms with Gasteiger partial charge in [0.2, 0.25) is 5.91 Å². The smallest absolute Gasteiger partial charge is 0.236 e. The molecule has 0 unspecified atom stereocenters. The average Bonchev–Trinajstić information content (AvgIpc) is 1.88. The van der Waals surface area contributed by atoms with Crippen molar-refractivity contribution >= 4 is 5.91 Å². The Hall–Kier alpha value is -0.610. The Labute approximate surface area is 59.7 Å². The van der Waals surface area contributed by atoms with Crippen LogP contribution in [0.5, 0.6) is 0 Å². The Morgan fingerprint density at radius 2 is 2.40 bits per heavy atom. The van der Waals surface area contributed by atoms with Gasteiger partial charge in [0.05, 0.1) is 13.2 Å². The molecule has 0 aromatic carbocycles. The maximum Gasteiger partial charge on any atom is 0.236 e. The summed E-state index contributed by atoms with van der Waals surface area (Å²) in [5.41, 5.74) is 5.05. The molecule has 1 fully saturated rings. The molecular formula is C6H12N2O2. The number of morpholine rings is 1. The second-order valence-corrected chi connectivity index (χ2v) is 2.56. The van der Waals surface area contributed by atoms with E-state index in [1.165, 1.54) is 0 Å². The number of hydrogen-bond donors (Lipinski definition) is 2. The van der Waals surface area contributed by atoms with Crippen LogP contribution in [0.1, 0.15) is 6.92 Å². The largest absolute Gasteiger partial charge is 0.378 e. The van der Waals surface area contributed by atoms with Crippen LogP contribution in [-0.4, -0.2) is 31.2 Å². The van der Waals surface area contributed by atoms with Gasteiger partial charge >= 0.3 is 0 Å². The van der Waals surface area contributed by atoms with E-state index in [1.807, 2.05) is 6.92 Å². The highest BCUT2D eigenvalue weighted by Crippen LogP contribution is 1.97. The van der Waals surface area contributed by atoms with Crippen molar-refractivity contribution in [2.45, 2.75) is 19.0 Å². The zero-order valence-electron chi connectivity index (χ0n) is 5.96. The molecule has 0 aromatic heterocycles. The molecule has 1 aliphatic heterocycles. The Morgan fingerprint density at radius 3 is 2.80 bits per heavy atom. The van der Waals surface area contributed by atoms with Crippen LogP contribution in [0.2, 0.25) is 0 Å². The van der Waals surface area contributed by atoms with E-state index in [1.54, 1.807) is 0 Å². The van der Waals surface area contributed by atoms with Crippen LogP contribution < -0.4 is 11.1 Å². The van der Waals surface area contributed by atoms with Crippen molar-refractivity contribution in [3.8, 4) is 0 Å². The molecule has 10 heavy (non-hydrogen) atoms. The number of carbonyl (C=O) groups excluding carboxylic acids is 1. The minimum Gasteiger partial charge on any atom is -0.378 e. The van der Waals surface area contributed by atoms with Crippen LogP contribution in [0.3, 0.4) is 0 Å². The predicted octanol–water partition coefficient (Wildman–Crippen LogP) is -1.15. The van der Waals surface area contributed by atoms with Crippen LogP contribution in [0.25, 0.3) is 0 Å². The summed E-state index contributed by atoms with van der Waals surface area (Å²) in [7, 11) is 0. The lowest BCUT2D eigenvalue weighted by Crippen LogP contribution is -2.53. The van der Waals surface area contributed by atoms with Crippen molar-refractivity contribution < 1.29 is 9.53 Å². The second-order valence-electron chi connectivity index (χ2n) is 2.56. The van der Waals surface area contributed by atoms with Crippen molar-refractivity contribution in [1.82, 2.24) is 5.32 Å². The van der Waals surface area contributed by atoms with Crippen molar-refractivity contribution in [1.29, 1.82) is 0 Å². The first kappa shape index (κ1) is 7.50. The molecule has 4 heteroatoms. The minimum absolute atomic E-state index is 0.228. The molecular weight excluding hydrogens is 132 g/mol. The van der Waals surface area contributed by atoms with Crippen LogP contribution in [-0.2, 0) is 9.53 Å². The molecule has 1 amide bonds. The van der Waals surface area contributed by atoms with Gasteiger partial charge in [0, 0.05) is 6.04 Å². The Morgan fingerprint density at radius 1 is 1.70 bits per heavy atom. The Balaban J connectivity index is 2.39. The van der Waals surface area contributed by atoms with Crippen molar-refractivity contribution in [2.24, 2.45) is 5.73 Å². The zero-order valence-corrected chi connectivity index (χ0v) is 5.96. The van der Waals surface area contributed by atoms with E-state index in [9.17, 15) is 4.79 Å². The van der Waals surface area contributed by atoms with Gasteiger partial charge in [0.1, 0.15) is 6.04 Å². The number of amides is 1. The summed E-state index contributed by atoms with van der Waals surface area (Å²) in [6, 6.07) is -0.0741. The molecule has 1 saturated heterocycles. The fraction of sp³-hybridized carbons (Fsp3) is 0.833. The molecule has 0 aliphatic carbocycles. The second kappa shape index (κ2) is 2.98. The van der Waals surface area contributed by atoms with E-state index < -0.39 is 0 Å². The first-order valence-corrected chi connectivity index (χ1v) is 3.33. The standard InChI is InChI=1S/C6H12N2O2/c1-4-2-10-3-5(8-4)6(7)9/h4-5,8H,2-3H2,1H3,(H2,7,9)/t4-,5-/m0/s1. The molecule has 0 aromatic rings. The van der Waals surface area contributed by atoms with E-state index in [2.05, 4.69) is 5.32 Å². The SMILES string of the molecule is C[C@H]1COC[C@@H](C(N)=O)N1. The molecule has 0 bridgehead atoms. The van der Waals surface area contributed by atoms with Crippen molar-refractivity contribution in [2.75, 3.05) is 13.2 Å². The highest BCUT2D eigenvalue weighted by Gasteiger charge is 2.21. The number of primary amides is 1. The summed E-state index contributed by atoms with van der Waals surface area (Å²) in [5, 5.41) is 3.02. The predicted molar refractivity (Wildman–Crippen MR) is 36.4 cm³/mol. The number of nitrogens with two attached hydrogens (primary N) is 1. The number of nitrogens with one attached hydrogen (secondary N) is 1. The van der Waals surface area contributed by atoms with Gasteiger partial charge in [0.25, 0.3) is 0 Å². The van der Waals surface area contributed by atoms with Crippen LogP contribution >= 0.6 is 0 Å². The maximum absolute atomic E-state index is 10.6. The fourth-order valence-electron chi connectivity index (χ4n) is 0.967. The average molecular weight is 144 g/mol. The highest BCUT2D eigenvalue weighted by molar-refractivity contribution is 5.80. The number of carbonyl (C=O) groups is 1. The molecule has 58 valence electrons. The zero-order chi connectivity index (χ0) is 7.56. The third-order valence-electron chi connectivity index (χ3n) is 1.48. The summed E-state index contributed by atoms with van der Waals surface area (Å²) >= 11 is 0. The topological polar surface area (TPSA) is 64.3 Å². The van der Waals surface area contributed by atoms with Gasteiger partial charge in [-0.05, 0) is 6.92 Å². The monoisotopic (exact) mass is 144 g/mol. The first-order valence-electron chi connectivity index (χ1n) is 3.33. The fourth-order valence-corrected chi connectivity index (χ4v) is 0.967. The quantitative estimate of drug-likeness (QED) is 0.488. The molecule has 4 nitrogen and oxygen atoms in total. The van der Waals surface area contributed by atoms with Gasteiger partial charge in [-0.15, -0.1) is 0 Å². The third-order valence-corrected chi connectivity index (χ3v) is 1.48. The van der Waals surface area contributed by atoms with Gasteiger partial charge < -0.3 is 10.5 Å². The van der Waals surface area contributed by atoms with E-state index in [0.29, 0.717) is 13.2 Å². The van der Waals surface area contributed by atoms with Crippen LogP contribution in [0.15, 0.2) is 0 Å². The molecule has 0 radical (unpaired) electrons. The van der Waals surface area contributed by atoms with Crippen LogP contribution in [0, 0.1) is 0 Å². The van der Waals surface area contributed by atoms with E-state index in [0.717, 1.165) is 0 Å². The van der Waals surface area contributed by atoms with Gasteiger partial charge in [-0.2, -0.15) is 0 Å². The number of ether oxygens (including phenoxy) is 1. The molecule has 1 heterocycles. The lowest BCUT2D eigenvalue weighted by molar-refractivity contribution is -0.123. The van der Waals surface area contributed by atoms with E-state index >= 15 is 0 Å². The van der Waals surface area contributed by atoms with Crippen molar-refractivity contribution in [3.63, 3.8) is 0 Å². The summed E-state index contributed by atoms with van der Waals surface area (Å²) in [6.45, 7) is 3.01. The third kappa shape index (κ3) is 1.68. The van der Waals surface area contributed by atoms with Gasteiger partial charge in [-0.25, -0.2) is 0 Å². The summed E-state index contributed by atoms with van der Waals surface area (Å²) in [6.07, 6.45) is 0. The maximum atomic E-state index is 10.6. The van der Waals surface area contributed by atoms with Crippen LogP contribution in [0.4, 0.5) is 0 Å². The lowest BCUT2D eigenvalue weighted by Gasteiger charge is -2.26. The molecule has 3 N–H and O–H groups in total. The van der Waals surface area contributed by atoms with E-state index in [-0.39, 0.29) is 18.0 Å². The van der Waals surface area contributed by atoms with Gasteiger partial charge in [-0.3, -0.25) is 10.1 Å². The molecule has 0 spiro atoms. The molecule has 0 saturated carbocycles. The lowest BCUT2D eigenvalue weighted by atomic mass is 10.2. The number of hydrogen-bond acceptors (Lipinski definition) is 3.